The Morgan fingerprint density at radius 1 is 1.13 bits per heavy atom. The number of carbonyl (C=O) groups is 1. The largest absolute Gasteiger partial charge is 0.378 e. The molecule has 1 aliphatic rings. The van der Waals surface area contributed by atoms with Crippen LogP contribution in [0.5, 0.6) is 0 Å². The number of halogens is 2. The molecule has 1 aromatic carbocycles. The Hall–Kier alpha value is -2.61. The minimum atomic E-state index is -0.944. The third-order valence-corrected chi connectivity index (χ3v) is 3.56. The first-order valence-corrected chi connectivity index (χ1v) is 7.00. The Labute approximate surface area is 130 Å². The summed E-state index contributed by atoms with van der Waals surface area (Å²) in [6, 6.07) is 3.71. The van der Waals surface area contributed by atoms with Gasteiger partial charge in [0.2, 0.25) is 5.95 Å². The van der Waals surface area contributed by atoms with Gasteiger partial charge in [0.1, 0.15) is 17.5 Å². The van der Waals surface area contributed by atoms with E-state index in [1.807, 2.05) is 4.90 Å². The van der Waals surface area contributed by atoms with Gasteiger partial charge in [-0.3, -0.25) is 4.79 Å². The van der Waals surface area contributed by atoms with E-state index in [1.54, 1.807) is 6.07 Å². The van der Waals surface area contributed by atoms with Crippen molar-refractivity contribution in [2.24, 2.45) is 0 Å². The third kappa shape index (κ3) is 3.11. The number of anilines is 2. The Morgan fingerprint density at radius 2 is 1.78 bits per heavy atom. The van der Waals surface area contributed by atoms with E-state index in [-0.39, 0.29) is 23.5 Å². The lowest BCUT2D eigenvalue weighted by atomic mass is 10.1. The van der Waals surface area contributed by atoms with Crippen molar-refractivity contribution < 1.29 is 18.3 Å². The van der Waals surface area contributed by atoms with Gasteiger partial charge in [-0.05, 0) is 12.1 Å². The first kappa shape index (κ1) is 15.3. The maximum atomic E-state index is 13.8. The highest BCUT2D eigenvalue weighted by Crippen LogP contribution is 2.26. The average molecular weight is 320 g/mol. The smallest absolute Gasteiger partial charge is 0.222 e. The summed E-state index contributed by atoms with van der Waals surface area (Å²) in [4.78, 5) is 20.8. The fourth-order valence-corrected chi connectivity index (χ4v) is 2.40. The van der Waals surface area contributed by atoms with Crippen molar-refractivity contribution in [1.29, 1.82) is 0 Å². The number of nitrogens with zero attached hydrogens (tertiary/aromatic N) is 3. The molecule has 1 aliphatic heterocycles. The summed E-state index contributed by atoms with van der Waals surface area (Å²) < 4.78 is 32.8. The van der Waals surface area contributed by atoms with Crippen molar-refractivity contribution in [3.8, 4) is 11.3 Å². The van der Waals surface area contributed by atoms with Gasteiger partial charge in [0.15, 0.2) is 6.29 Å². The van der Waals surface area contributed by atoms with Crippen LogP contribution in [0, 0.1) is 11.6 Å². The molecule has 0 amide bonds. The van der Waals surface area contributed by atoms with Gasteiger partial charge >= 0.3 is 0 Å². The monoisotopic (exact) mass is 320 g/mol. The minimum absolute atomic E-state index is 0.00396. The maximum Gasteiger partial charge on any atom is 0.222 e. The topological polar surface area (TPSA) is 81.3 Å². The van der Waals surface area contributed by atoms with Crippen LogP contribution in [0.15, 0.2) is 18.2 Å². The number of aromatic nitrogens is 2. The van der Waals surface area contributed by atoms with Crippen LogP contribution in [0.2, 0.25) is 0 Å². The molecule has 0 radical (unpaired) electrons. The molecular formula is C15H14F2N4O2. The summed E-state index contributed by atoms with van der Waals surface area (Å²) in [7, 11) is 0. The lowest BCUT2D eigenvalue weighted by Crippen LogP contribution is -2.36. The zero-order valence-electron chi connectivity index (χ0n) is 12.1. The van der Waals surface area contributed by atoms with Crippen molar-refractivity contribution in [1.82, 2.24) is 9.97 Å². The van der Waals surface area contributed by atoms with Gasteiger partial charge in [0.05, 0.1) is 24.5 Å². The van der Waals surface area contributed by atoms with E-state index < -0.39 is 17.2 Å². The summed E-state index contributed by atoms with van der Waals surface area (Å²) in [5.41, 5.74) is 5.58. The van der Waals surface area contributed by atoms with Crippen molar-refractivity contribution in [2.45, 2.75) is 0 Å². The Balaban J connectivity index is 2.03. The Kier molecular flexibility index (Phi) is 4.16. The maximum absolute atomic E-state index is 13.8. The van der Waals surface area contributed by atoms with Crippen LogP contribution in [-0.4, -0.2) is 42.6 Å². The molecule has 0 saturated carbocycles. The predicted molar refractivity (Wildman–Crippen MR) is 80.2 cm³/mol. The van der Waals surface area contributed by atoms with Crippen LogP contribution >= 0.6 is 0 Å². The molecule has 8 heteroatoms. The normalized spacial score (nSPS) is 14.8. The fourth-order valence-electron chi connectivity index (χ4n) is 2.40. The molecule has 0 bridgehead atoms. The van der Waals surface area contributed by atoms with E-state index in [0.717, 1.165) is 12.1 Å². The van der Waals surface area contributed by atoms with E-state index in [4.69, 9.17) is 10.5 Å². The molecule has 0 spiro atoms. The van der Waals surface area contributed by atoms with Gasteiger partial charge in [-0.15, -0.1) is 0 Å². The number of aldehydes is 1. The van der Waals surface area contributed by atoms with E-state index in [0.29, 0.717) is 32.1 Å². The summed E-state index contributed by atoms with van der Waals surface area (Å²) in [5.74, 6) is -1.32. The first-order valence-electron chi connectivity index (χ1n) is 7.00. The van der Waals surface area contributed by atoms with Crippen molar-refractivity contribution in [3.63, 3.8) is 0 Å². The predicted octanol–water partition coefficient (Wildman–Crippen LogP) is 1.65. The third-order valence-electron chi connectivity index (χ3n) is 3.56. The summed E-state index contributed by atoms with van der Waals surface area (Å²) >= 11 is 0. The van der Waals surface area contributed by atoms with E-state index in [2.05, 4.69) is 9.97 Å². The molecule has 0 unspecified atom stereocenters. The number of hydrogen-bond donors (Lipinski definition) is 1. The van der Waals surface area contributed by atoms with Gasteiger partial charge in [-0.1, -0.05) is 0 Å². The van der Waals surface area contributed by atoms with Crippen molar-refractivity contribution >= 4 is 18.1 Å². The fraction of sp³-hybridized carbons (Fsp3) is 0.267. The second-order valence-electron chi connectivity index (χ2n) is 5.04. The second kappa shape index (κ2) is 6.25. The molecule has 120 valence electrons. The van der Waals surface area contributed by atoms with Crippen LogP contribution in [0.25, 0.3) is 11.3 Å². The van der Waals surface area contributed by atoms with Crippen LogP contribution < -0.4 is 10.6 Å². The first-order chi connectivity index (χ1) is 11.1. The molecule has 6 nitrogen and oxygen atoms in total. The van der Waals surface area contributed by atoms with Gasteiger partial charge in [0, 0.05) is 24.7 Å². The van der Waals surface area contributed by atoms with Crippen LogP contribution in [0.3, 0.4) is 0 Å². The number of ether oxygens (including phenoxy) is 1. The highest BCUT2D eigenvalue weighted by Gasteiger charge is 2.17. The summed E-state index contributed by atoms with van der Waals surface area (Å²) in [6.07, 6.45) is 0.141. The van der Waals surface area contributed by atoms with Crippen LogP contribution in [0.4, 0.5) is 20.5 Å². The minimum Gasteiger partial charge on any atom is -0.378 e. The molecule has 1 aromatic heterocycles. The highest BCUT2D eigenvalue weighted by molar-refractivity contribution is 5.78. The van der Waals surface area contributed by atoms with E-state index in [1.165, 1.54) is 0 Å². The second-order valence-corrected chi connectivity index (χ2v) is 5.04. The number of rotatable bonds is 3. The molecule has 0 aliphatic carbocycles. The quantitative estimate of drug-likeness (QED) is 0.866. The Bertz CT molecular complexity index is 725. The van der Waals surface area contributed by atoms with Crippen LogP contribution in [0.1, 0.15) is 10.4 Å². The molecular weight excluding hydrogens is 306 g/mol. The van der Waals surface area contributed by atoms with E-state index in [9.17, 15) is 13.6 Å². The van der Waals surface area contributed by atoms with Crippen LogP contribution in [-0.2, 0) is 4.74 Å². The Morgan fingerprint density at radius 3 is 2.39 bits per heavy atom. The van der Waals surface area contributed by atoms with Crippen molar-refractivity contribution in [3.05, 3.63) is 35.4 Å². The number of nitrogen functional groups attached to an aromatic ring is 1. The average Bonchev–Trinajstić information content (AvgIpc) is 2.55. The van der Waals surface area contributed by atoms with Gasteiger partial charge in [-0.2, -0.15) is 4.98 Å². The number of morpholine rings is 1. The summed E-state index contributed by atoms with van der Waals surface area (Å²) in [5, 5.41) is 0. The van der Waals surface area contributed by atoms with Gasteiger partial charge < -0.3 is 15.4 Å². The molecule has 1 saturated heterocycles. The molecule has 23 heavy (non-hydrogen) atoms. The lowest BCUT2D eigenvalue weighted by molar-refractivity contribution is 0.111. The summed E-state index contributed by atoms with van der Waals surface area (Å²) in [6.45, 7) is 2.42. The van der Waals surface area contributed by atoms with Gasteiger partial charge in [0.25, 0.3) is 0 Å². The van der Waals surface area contributed by atoms with E-state index >= 15 is 0 Å². The SMILES string of the molecule is Nc1nc(-c2cc(F)c(C=O)c(F)c2)cc(N2CCOCC2)n1. The zero-order valence-corrected chi connectivity index (χ0v) is 12.1. The lowest BCUT2D eigenvalue weighted by Gasteiger charge is -2.28. The number of hydrogen-bond acceptors (Lipinski definition) is 6. The number of benzene rings is 1. The van der Waals surface area contributed by atoms with Gasteiger partial charge in [-0.25, -0.2) is 13.8 Å². The molecule has 3 rings (SSSR count). The van der Waals surface area contributed by atoms with Crippen molar-refractivity contribution in [2.75, 3.05) is 36.9 Å². The molecule has 2 heterocycles. The highest BCUT2D eigenvalue weighted by atomic mass is 19.1. The number of carbonyl (C=O) groups excluding carboxylic acids is 1. The number of nitrogens with two attached hydrogens (primary N) is 1. The standard InChI is InChI=1S/C15H14F2N4O2/c16-11-5-9(6-12(17)10(11)8-22)13-7-14(20-15(18)19-13)21-1-3-23-4-2-21/h5-8H,1-4H2,(H2,18,19,20). The molecule has 2 aromatic rings. The molecule has 0 atom stereocenters. The molecule has 1 fully saturated rings. The molecule has 2 N–H and O–H groups in total. The zero-order chi connectivity index (χ0) is 16.4.